The molecule has 1 amide bonds. The Morgan fingerprint density at radius 3 is 2.33 bits per heavy atom. The Morgan fingerprint density at radius 2 is 1.79 bits per heavy atom. The van der Waals surface area contributed by atoms with Crippen LogP contribution in [-0.2, 0) is 21.4 Å². The number of benzene rings is 1. The maximum Gasteiger partial charge on any atom is 0.244 e. The predicted molar refractivity (Wildman–Crippen MR) is 93.9 cm³/mol. The van der Waals surface area contributed by atoms with Gasteiger partial charge in [-0.05, 0) is 36.2 Å². The van der Waals surface area contributed by atoms with Crippen molar-refractivity contribution >= 4 is 21.6 Å². The molecule has 0 saturated carbocycles. The zero-order valence-corrected chi connectivity index (χ0v) is 14.5. The molecule has 2 rings (SSSR count). The number of carbonyl (C=O) groups excluding carboxylic acids is 1. The van der Waals surface area contributed by atoms with Crippen molar-refractivity contribution in [2.75, 3.05) is 10.6 Å². The van der Waals surface area contributed by atoms with Gasteiger partial charge in [0.25, 0.3) is 0 Å². The summed E-state index contributed by atoms with van der Waals surface area (Å²) in [6.45, 7) is 2.11. The zero-order valence-electron chi connectivity index (χ0n) is 13.7. The lowest BCUT2D eigenvalue weighted by atomic mass is 10.2. The molecule has 1 aromatic heterocycles. The molecule has 1 aromatic carbocycles. The van der Waals surface area contributed by atoms with E-state index in [1.165, 1.54) is 4.31 Å². The van der Waals surface area contributed by atoms with Gasteiger partial charge in [0, 0.05) is 18.9 Å². The molecule has 0 fully saturated rings. The van der Waals surface area contributed by atoms with Crippen LogP contribution in [0.15, 0.2) is 54.9 Å². The molecular weight excluding hydrogens is 326 g/mol. The first-order valence-corrected chi connectivity index (χ1v) is 9.49. The fourth-order valence-electron chi connectivity index (χ4n) is 2.44. The average Bonchev–Trinajstić information content (AvgIpc) is 2.58. The molecule has 0 aliphatic heterocycles. The van der Waals surface area contributed by atoms with Gasteiger partial charge in [0.05, 0.1) is 11.9 Å². The molecule has 0 aliphatic carbocycles. The van der Waals surface area contributed by atoms with Gasteiger partial charge in [-0.3, -0.25) is 14.1 Å². The maximum atomic E-state index is 12.6. The van der Waals surface area contributed by atoms with Crippen LogP contribution in [0.1, 0.15) is 18.9 Å². The number of amides is 1. The molecule has 0 spiro atoms. The van der Waals surface area contributed by atoms with Crippen LogP contribution in [0.2, 0.25) is 0 Å². The molecule has 128 valence electrons. The summed E-state index contributed by atoms with van der Waals surface area (Å²) >= 11 is 0. The van der Waals surface area contributed by atoms with Gasteiger partial charge in [0.2, 0.25) is 15.9 Å². The molecule has 1 heterocycles. The summed E-state index contributed by atoms with van der Waals surface area (Å²) in [4.78, 5) is 16.5. The Bertz CT molecular complexity index is 764. The Balaban J connectivity index is 2.21. The SMILES string of the molecule is CC[C@H](C(=O)NCc1ccncc1)N(c1ccccc1)S(C)(=O)=O. The molecule has 6 nitrogen and oxygen atoms in total. The van der Waals surface area contributed by atoms with Gasteiger partial charge < -0.3 is 5.32 Å². The third-order valence-electron chi connectivity index (χ3n) is 3.56. The first-order chi connectivity index (χ1) is 11.4. The quantitative estimate of drug-likeness (QED) is 0.830. The molecule has 1 atom stereocenters. The lowest BCUT2D eigenvalue weighted by molar-refractivity contribution is -0.122. The van der Waals surface area contributed by atoms with E-state index in [1.807, 2.05) is 0 Å². The summed E-state index contributed by atoms with van der Waals surface area (Å²) in [6.07, 6.45) is 4.76. The lowest BCUT2D eigenvalue weighted by Crippen LogP contribution is -2.49. The third kappa shape index (κ3) is 4.55. The second-order valence-corrected chi connectivity index (χ2v) is 7.25. The summed E-state index contributed by atoms with van der Waals surface area (Å²) in [5, 5.41) is 2.80. The Kier molecular flexibility index (Phi) is 5.92. The molecule has 0 aliphatic rings. The van der Waals surface area contributed by atoms with Crippen molar-refractivity contribution in [2.24, 2.45) is 0 Å². The second-order valence-electron chi connectivity index (χ2n) is 5.39. The van der Waals surface area contributed by atoms with E-state index >= 15 is 0 Å². The molecule has 0 radical (unpaired) electrons. The number of para-hydroxylation sites is 1. The summed E-state index contributed by atoms with van der Waals surface area (Å²) < 4.78 is 25.7. The van der Waals surface area contributed by atoms with Crippen molar-refractivity contribution in [1.82, 2.24) is 10.3 Å². The number of carbonyl (C=O) groups is 1. The van der Waals surface area contributed by atoms with E-state index in [4.69, 9.17) is 0 Å². The number of anilines is 1. The maximum absolute atomic E-state index is 12.6. The normalized spacial score (nSPS) is 12.4. The Hall–Kier alpha value is -2.41. The number of sulfonamides is 1. The van der Waals surface area contributed by atoms with Gasteiger partial charge >= 0.3 is 0 Å². The van der Waals surface area contributed by atoms with Crippen LogP contribution < -0.4 is 9.62 Å². The summed E-state index contributed by atoms with van der Waals surface area (Å²) in [6, 6.07) is 11.4. The fraction of sp³-hybridized carbons (Fsp3) is 0.294. The molecule has 0 saturated heterocycles. The van der Waals surface area contributed by atoms with Crippen molar-refractivity contribution in [1.29, 1.82) is 0 Å². The molecular formula is C17H21N3O3S. The number of rotatable bonds is 7. The van der Waals surface area contributed by atoms with Crippen LogP contribution in [0.25, 0.3) is 0 Å². The van der Waals surface area contributed by atoms with Gasteiger partial charge in [-0.25, -0.2) is 8.42 Å². The van der Waals surface area contributed by atoms with Crippen molar-refractivity contribution in [3.05, 3.63) is 60.4 Å². The van der Waals surface area contributed by atoms with Gasteiger partial charge in [0.1, 0.15) is 6.04 Å². The van der Waals surface area contributed by atoms with Crippen LogP contribution in [0, 0.1) is 0 Å². The monoisotopic (exact) mass is 347 g/mol. The van der Waals surface area contributed by atoms with Crippen LogP contribution in [0.4, 0.5) is 5.69 Å². The third-order valence-corrected chi connectivity index (χ3v) is 4.74. The minimum Gasteiger partial charge on any atom is -0.350 e. The standard InChI is InChI=1S/C17H21N3O3S/c1-3-16(17(21)19-13-14-9-11-18-12-10-14)20(24(2,22)23)15-7-5-4-6-8-15/h4-12,16H,3,13H2,1-2H3,(H,19,21)/t16-/m1/s1. The van der Waals surface area contributed by atoms with Crippen LogP contribution in [-0.4, -0.2) is 31.6 Å². The van der Waals surface area contributed by atoms with E-state index < -0.39 is 16.1 Å². The van der Waals surface area contributed by atoms with E-state index in [2.05, 4.69) is 10.3 Å². The van der Waals surface area contributed by atoms with Crippen LogP contribution in [0.3, 0.4) is 0 Å². The van der Waals surface area contributed by atoms with Crippen molar-refractivity contribution in [3.8, 4) is 0 Å². The smallest absolute Gasteiger partial charge is 0.244 e. The number of pyridine rings is 1. The van der Waals surface area contributed by atoms with Gasteiger partial charge in [-0.1, -0.05) is 25.1 Å². The predicted octanol–water partition coefficient (Wildman–Crippen LogP) is 1.94. The molecule has 0 unspecified atom stereocenters. The van der Waals surface area contributed by atoms with Crippen LogP contribution >= 0.6 is 0 Å². The fourth-order valence-corrected chi connectivity index (χ4v) is 3.65. The lowest BCUT2D eigenvalue weighted by Gasteiger charge is -2.30. The largest absolute Gasteiger partial charge is 0.350 e. The van der Waals surface area contributed by atoms with Crippen LogP contribution in [0.5, 0.6) is 0 Å². The molecule has 1 N–H and O–H groups in total. The van der Waals surface area contributed by atoms with Gasteiger partial charge in [0.15, 0.2) is 0 Å². The van der Waals surface area contributed by atoms with E-state index in [9.17, 15) is 13.2 Å². The van der Waals surface area contributed by atoms with E-state index in [-0.39, 0.29) is 5.91 Å². The van der Waals surface area contributed by atoms with Gasteiger partial charge in [-0.15, -0.1) is 0 Å². The number of nitrogens with zero attached hydrogens (tertiary/aromatic N) is 2. The van der Waals surface area contributed by atoms with Crippen molar-refractivity contribution in [3.63, 3.8) is 0 Å². The number of hydrogen-bond acceptors (Lipinski definition) is 4. The topological polar surface area (TPSA) is 79.4 Å². The molecule has 2 aromatic rings. The minimum absolute atomic E-state index is 0.324. The highest BCUT2D eigenvalue weighted by Crippen LogP contribution is 2.22. The summed E-state index contributed by atoms with van der Waals surface area (Å²) in [7, 11) is -3.59. The van der Waals surface area contributed by atoms with Gasteiger partial charge in [-0.2, -0.15) is 0 Å². The zero-order chi connectivity index (χ0) is 17.6. The molecule has 7 heteroatoms. The highest BCUT2D eigenvalue weighted by molar-refractivity contribution is 7.92. The first kappa shape index (κ1) is 17.9. The highest BCUT2D eigenvalue weighted by atomic mass is 32.2. The minimum atomic E-state index is -3.59. The Morgan fingerprint density at radius 1 is 1.17 bits per heavy atom. The Labute approximate surface area is 142 Å². The number of hydrogen-bond donors (Lipinski definition) is 1. The number of nitrogens with one attached hydrogen (secondary N) is 1. The van der Waals surface area contributed by atoms with E-state index in [0.29, 0.717) is 18.7 Å². The highest BCUT2D eigenvalue weighted by Gasteiger charge is 2.31. The van der Waals surface area contributed by atoms with Crippen molar-refractivity contribution < 1.29 is 13.2 Å². The number of aromatic nitrogens is 1. The summed E-state index contributed by atoms with van der Waals surface area (Å²) in [5.41, 5.74) is 1.38. The van der Waals surface area contributed by atoms with E-state index in [1.54, 1.807) is 61.8 Å². The second kappa shape index (κ2) is 7.92. The molecule has 24 heavy (non-hydrogen) atoms. The average molecular weight is 347 g/mol. The van der Waals surface area contributed by atoms with Crippen molar-refractivity contribution in [2.45, 2.75) is 25.9 Å². The first-order valence-electron chi connectivity index (χ1n) is 7.64. The molecule has 0 bridgehead atoms. The summed E-state index contributed by atoms with van der Waals surface area (Å²) in [5.74, 6) is -0.330. The van der Waals surface area contributed by atoms with E-state index in [0.717, 1.165) is 11.8 Å².